The van der Waals surface area contributed by atoms with Gasteiger partial charge in [0.25, 0.3) is 0 Å². The summed E-state index contributed by atoms with van der Waals surface area (Å²) in [5, 5.41) is 1.57. The first-order chi connectivity index (χ1) is 6.63. The number of halogens is 3. The molecular formula is C11H13BrCl2. The molecule has 0 aliphatic rings. The summed E-state index contributed by atoms with van der Waals surface area (Å²) in [4.78, 5) is 0.567. The average molecular weight is 296 g/mol. The van der Waals surface area contributed by atoms with Gasteiger partial charge in [0.05, 0.1) is 0 Å². The van der Waals surface area contributed by atoms with Crippen molar-refractivity contribution >= 4 is 39.1 Å². The second-order valence-electron chi connectivity index (χ2n) is 3.28. The molecule has 0 nitrogen and oxygen atoms in total. The van der Waals surface area contributed by atoms with E-state index >= 15 is 0 Å². The number of alkyl halides is 1. The Labute approximate surface area is 104 Å². The molecular weight excluding hydrogens is 283 g/mol. The number of benzene rings is 1. The van der Waals surface area contributed by atoms with Crippen LogP contribution in [-0.2, 0) is 6.42 Å². The van der Waals surface area contributed by atoms with Gasteiger partial charge in [0.1, 0.15) is 0 Å². The quantitative estimate of drug-likeness (QED) is 0.678. The molecule has 0 fully saturated rings. The van der Waals surface area contributed by atoms with E-state index in [1.807, 2.05) is 18.2 Å². The van der Waals surface area contributed by atoms with E-state index in [2.05, 4.69) is 22.9 Å². The van der Waals surface area contributed by atoms with E-state index in [4.69, 9.17) is 23.2 Å². The summed E-state index contributed by atoms with van der Waals surface area (Å²) in [7, 11) is 0. The van der Waals surface area contributed by atoms with Crippen molar-refractivity contribution in [3.8, 4) is 0 Å². The van der Waals surface area contributed by atoms with E-state index in [0.29, 0.717) is 4.83 Å². The van der Waals surface area contributed by atoms with Crippen molar-refractivity contribution < 1.29 is 0 Å². The van der Waals surface area contributed by atoms with Crippen molar-refractivity contribution in [2.75, 3.05) is 0 Å². The Morgan fingerprint density at radius 3 is 2.71 bits per heavy atom. The van der Waals surface area contributed by atoms with Crippen LogP contribution in [0.1, 0.15) is 25.3 Å². The van der Waals surface area contributed by atoms with E-state index in [1.54, 1.807) is 0 Å². The topological polar surface area (TPSA) is 0 Å². The van der Waals surface area contributed by atoms with Gasteiger partial charge in [-0.1, -0.05) is 46.1 Å². The van der Waals surface area contributed by atoms with Gasteiger partial charge in [-0.15, -0.1) is 0 Å². The van der Waals surface area contributed by atoms with Gasteiger partial charge in [-0.25, -0.2) is 0 Å². The van der Waals surface area contributed by atoms with Gasteiger partial charge in [-0.05, 0) is 43.0 Å². The SMILES string of the molecule is CCC(Br)CCc1cc(Cl)ccc1Cl. The molecule has 1 aromatic carbocycles. The van der Waals surface area contributed by atoms with Gasteiger partial charge >= 0.3 is 0 Å². The van der Waals surface area contributed by atoms with E-state index in [-0.39, 0.29) is 0 Å². The molecule has 0 bridgehead atoms. The van der Waals surface area contributed by atoms with Crippen LogP contribution in [0, 0.1) is 0 Å². The van der Waals surface area contributed by atoms with Gasteiger partial charge < -0.3 is 0 Å². The van der Waals surface area contributed by atoms with Gasteiger partial charge in [0.15, 0.2) is 0 Å². The lowest BCUT2D eigenvalue weighted by Crippen LogP contribution is -1.98. The Hall–Kier alpha value is 0.280. The molecule has 0 saturated heterocycles. The Balaban J connectivity index is 2.62. The molecule has 0 aliphatic carbocycles. The molecule has 14 heavy (non-hydrogen) atoms. The summed E-state index contributed by atoms with van der Waals surface area (Å²) >= 11 is 15.5. The zero-order valence-electron chi connectivity index (χ0n) is 8.06. The maximum Gasteiger partial charge on any atom is 0.0439 e. The van der Waals surface area contributed by atoms with Crippen LogP contribution >= 0.6 is 39.1 Å². The number of rotatable bonds is 4. The van der Waals surface area contributed by atoms with Crippen molar-refractivity contribution in [3.05, 3.63) is 33.8 Å². The highest BCUT2D eigenvalue weighted by Gasteiger charge is 2.05. The molecule has 0 aromatic heterocycles. The third kappa shape index (κ3) is 3.80. The van der Waals surface area contributed by atoms with E-state index in [0.717, 1.165) is 34.9 Å². The molecule has 0 amide bonds. The molecule has 1 rings (SSSR count). The smallest absolute Gasteiger partial charge is 0.0439 e. The Bertz CT molecular complexity index is 299. The molecule has 0 N–H and O–H groups in total. The fourth-order valence-corrected chi connectivity index (χ4v) is 1.89. The standard InChI is InChI=1S/C11H13BrCl2/c1-2-9(12)4-3-8-7-10(13)5-6-11(8)14/h5-7,9H,2-4H2,1H3. The molecule has 0 heterocycles. The Morgan fingerprint density at radius 2 is 2.07 bits per heavy atom. The fraction of sp³-hybridized carbons (Fsp3) is 0.455. The van der Waals surface area contributed by atoms with Crippen LogP contribution in [0.4, 0.5) is 0 Å². The first-order valence-corrected chi connectivity index (χ1v) is 6.38. The van der Waals surface area contributed by atoms with Crippen LogP contribution in [0.25, 0.3) is 0 Å². The minimum atomic E-state index is 0.567. The second kappa shape index (κ2) is 5.99. The third-order valence-electron chi connectivity index (χ3n) is 2.18. The highest BCUT2D eigenvalue weighted by molar-refractivity contribution is 9.09. The maximum absolute atomic E-state index is 6.05. The van der Waals surface area contributed by atoms with Crippen molar-refractivity contribution in [2.45, 2.75) is 31.0 Å². The van der Waals surface area contributed by atoms with Crippen LogP contribution in [0.3, 0.4) is 0 Å². The molecule has 1 atom stereocenters. The summed E-state index contributed by atoms with van der Waals surface area (Å²) < 4.78 is 0. The van der Waals surface area contributed by atoms with Crippen LogP contribution in [0.5, 0.6) is 0 Å². The average Bonchev–Trinajstić information content (AvgIpc) is 2.19. The van der Waals surface area contributed by atoms with Crippen LogP contribution in [0.15, 0.2) is 18.2 Å². The van der Waals surface area contributed by atoms with Crippen LogP contribution < -0.4 is 0 Å². The molecule has 0 aliphatic heterocycles. The summed E-state index contributed by atoms with van der Waals surface area (Å²) in [6.07, 6.45) is 3.21. The Morgan fingerprint density at radius 1 is 1.36 bits per heavy atom. The lowest BCUT2D eigenvalue weighted by Gasteiger charge is -2.08. The first kappa shape index (κ1) is 12.4. The number of hydrogen-bond donors (Lipinski definition) is 0. The lowest BCUT2D eigenvalue weighted by atomic mass is 10.1. The largest absolute Gasteiger partial charge is 0.0891 e. The van der Waals surface area contributed by atoms with Gasteiger partial charge in [0.2, 0.25) is 0 Å². The van der Waals surface area contributed by atoms with Gasteiger partial charge in [-0.2, -0.15) is 0 Å². The Kier molecular flexibility index (Phi) is 5.29. The second-order valence-corrected chi connectivity index (χ2v) is 5.42. The predicted octanol–water partition coefficient (Wildman–Crippen LogP) is 5.10. The fourth-order valence-electron chi connectivity index (χ4n) is 1.25. The molecule has 78 valence electrons. The van der Waals surface area contributed by atoms with Crippen molar-refractivity contribution in [1.29, 1.82) is 0 Å². The lowest BCUT2D eigenvalue weighted by molar-refractivity contribution is 0.746. The number of aryl methyl sites for hydroxylation is 1. The zero-order chi connectivity index (χ0) is 10.6. The highest BCUT2D eigenvalue weighted by atomic mass is 79.9. The van der Waals surface area contributed by atoms with Gasteiger partial charge in [-0.3, -0.25) is 0 Å². The zero-order valence-corrected chi connectivity index (χ0v) is 11.2. The van der Waals surface area contributed by atoms with E-state index < -0.39 is 0 Å². The molecule has 1 unspecified atom stereocenters. The first-order valence-electron chi connectivity index (χ1n) is 4.71. The van der Waals surface area contributed by atoms with Crippen LogP contribution in [-0.4, -0.2) is 4.83 Å². The normalized spacial score (nSPS) is 12.9. The summed E-state index contributed by atoms with van der Waals surface area (Å²) in [5.74, 6) is 0. The van der Waals surface area contributed by atoms with Gasteiger partial charge in [0, 0.05) is 14.9 Å². The predicted molar refractivity (Wildman–Crippen MR) is 67.8 cm³/mol. The summed E-state index contributed by atoms with van der Waals surface area (Å²) in [6.45, 7) is 2.17. The maximum atomic E-state index is 6.05. The van der Waals surface area contributed by atoms with Crippen molar-refractivity contribution in [2.24, 2.45) is 0 Å². The molecule has 0 radical (unpaired) electrons. The molecule has 3 heteroatoms. The molecule has 0 spiro atoms. The third-order valence-corrected chi connectivity index (χ3v) is 3.89. The van der Waals surface area contributed by atoms with Crippen molar-refractivity contribution in [1.82, 2.24) is 0 Å². The summed E-state index contributed by atoms with van der Waals surface area (Å²) in [6, 6.07) is 5.62. The molecule has 1 aromatic rings. The monoisotopic (exact) mass is 294 g/mol. The minimum absolute atomic E-state index is 0.567. The minimum Gasteiger partial charge on any atom is -0.0891 e. The van der Waals surface area contributed by atoms with Crippen molar-refractivity contribution in [3.63, 3.8) is 0 Å². The molecule has 0 saturated carbocycles. The summed E-state index contributed by atoms with van der Waals surface area (Å²) in [5.41, 5.74) is 1.14. The number of hydrogen-bond acceptors (Lipinski definition) is 0. The van der Waals surface area contributed by atoms with Crippen LogP contribution in [0.2, 0.25) is 10.0 Å². The van der Waals surface area contributed by atoms with E-state index in [9.17, 15) is 0 Å². The highest BCUT2D eigenvalue weighted by Crippen LogP contribution is 2.23. The van der Waals surface area contributed by atoms with E-state index in [1.165, 1.54) is 0 Å².